The van der Waals surface area contributed by atoms with Crippen molar-refractivity contribution in [2.24, 2.45) is 0 Å². The molecule has 0 saturated carbocycles. The molecule has 12 aromatic rings. The Kier molecular flexibility index (Phi) is 13.2. The van der Waals surface area contributed by atoms with Gasteiger partial charge in [-0.3, -0.25) is 15.0 Å². The van der Waals surface area contributed by atoms with Crippen molar-refractivity contribution in [2.45, 2.75) is 132 Å². The summed E-state index contributed by atoms with van der Waals surface area (Å²) in [6, 6.07) is 54.0. The van der Waals surface area contributed by atoms with Crippen molar-refractivity contribution in [1.29, 1.82) is 5.26 Å². The summed E-state index contributed by atoms with van der Waals surface area (Å²) in [7, 11) is 0. The summed E-state index contributed by atoms with van der Waals surface area (Å²) in [5.74, 6) is 1.04. The number of hydrogen-bond donors (Lipinski definition) is 0. The Morgan fingerprint density at radius 3 is 1.83 bits per heavy atom. The molecule has 1 radical (unpaired) electrons. The Morgan fingerprint density at radius 1 is 0.598 bits per heavy atom. The molecule has 8 heteroatoms. The smallest absolute Gasteiger partial charge is 0.136 e. The van der Waals surface area contributed by atoms with Crippen LogP contribution < -0.4 is 0 Å². The quantitative estimate of drug-likeness (QED) is 0.148. The third-order valence-corrected chi connectivity index (χ3v) is 15.4. The molecule has 415 valence electrons. The molecule has 12 rings (SSSR count). The number of benzene rings is 8. The number of fused-ring (bicyclic) bond motifs is 7. The van der Waals surface area contributed by atoms with E-state index in [0.29, 0.717) is 55.5 Å². The number of aromatic nitrogens is 4. The van der Waals surface area contributed by atoms with Crippen molar-refractivity contribution < 1.29 is 37.2 Å². The number of imidazole rings is 1. The molecule has 0 bridgehead atoms. The van der Waals surface area contributed by atoms with E-state index in [2.05, 4.69) is 173 Å². The minimum absolute atomic E-state index is 0. The van der Waals surface area contributed by atoms with E-state index < -0.39 is 13.7 Å². The number of rotatable bonds is 7. The van der Waals surface area contributed by atoms with Crippen LogP contribution in [-0.2, 0) is 36.4 Å². The molecule has 4 aromatic heterocycles. The zero-order chi connectivity index (χ0) is 62.4. The van der Waals surface area contributed by atoms with Crippen LogP contribution >= 0.6 is 0 Å². The standard InChI is InChI=1S/C60H56N3O2.C14H15N2.Ir/c1-33(2)46-27-41(39-20-18-38(19-21-39)40-25-42(59(7,8)9)29-43(26-40)60(10,11)12)28-47(34(3)4)56(46)63-55-36(6)14-13-15-50(55)62-58(63)45-22-16-35(5)54-49-31-52-48(30-53(49)65-57(45)54)44-23-17-37(32-61)24-51(44)64-52;1-14(2,3)12-9-10-15-13(16-12)11-7-5-4-6-8-11;/h13-21,23-31,33-34H,1-12H3;4-7,9-10H,1-3H3;/q2*-1;/i5D3,6D3;;. The van der Waals surface area contributed by atoms with Gasteiger partial charge in [0.05, 0.1) is 39.9 Å². The van der Waals surface area contributed by atoms with E-state index >= 15 is 0 Å². The second kappa shape index (κ2) is 21.7. The third-order valence-electron chi connectivity index (χ3n) is 15.4. The molecule has 0 aliphatic carbocycles. The number of nitriles is 1. The topological polar surface area (TPSA) is 93.7 Å². The van der Waals surface area contributed by atoms with Crippen LogP contribution in [0, 0.1) is 37.2 Å². The van der Waals surface area contributed by atoms with E-state index in [1.54, 1.807) is 30.3 Å². The van der Waals surface area contributed by atoms with Gasteiger partial charge < -0.3 is 13.4 Å². The predicted molar refractivity (Wildman–Crippen MR) is 336 cm³/mol. The van der Waals surface area contributed by atoms with Crippen LogP contribution in [0.2, 0.25) is 0 Å². The number of furan rings is 2. The summed E-state index contributed by atoms with van der Waals surface area (Å²) in [6.07, 6.45) is 1.81. The first-order chi connectivity index (χ1) is 40.9. The van der Waals surface area contributed by atoms with Crippen molar-refractivity contribution in [3.05, 3.63) is 202 Å². The van der Waals surface area contributed by atoms with Gasteiger partial charge in [0, 0.05) is 67.5 Å². The molecule has 0 aliphatic heterocycles. The predicted octanol–water partition coefficient (Wildman–Crippen LogP) is 20.2. The van der Waals surface area contributed by atoms with E-state index in [4.69, 9.17) is 22.0 Å². The van der Waals surface area contributed by atoms with Crippen LogP contribution in [0.4, 0.5) is 0 Å². The fourth-order valence-electron chi connectivity index (χ4n) is 10.8. The Labute approximate surface area is 505 Å². The number of hydrogen-bond acceptors (Lipinski definition) is 6. The first kappa shape index (κ1) is 49.8. The Balaban J connectivity index is 0.000000436. The molecule has 0 N–H and O–H groups in total. The number of nitrogens with zero attached hydrogens (tertiary/aromatic N) is 5. The molecule has 4 heterocycles. The van der Waals surface area contributed by atoms with Crippen LogP contribution in [0.1, 0.15) is 155 Å². The van der Waals surface area contributed by atoms with Crippen molar-refractivity contribution in [1.82, 2.24) is 19.5 Å². The van der Waals surface area contributed by atoms with Gasteiger partial charge in [0.1, 0.15) is 16.7 Å². The Morgan fingerprint density at radius 2 is 1.23 bits per heavy atom. The van der Waals surface area contributed by atoms with E-state index in [0.717, 1.165) is 61.4 Å². The Bertz CT molecular complexity index is 4610. The average molecular weight is 1260 g/mol. The summed E-state index contributed by atoms with van der Waals surface area (Å²) < 4.78 is 67.6. The van der Waals surface area contributed by atoms with Gasteiger partial charge in [-0.1, -0.05) is 162 Å². The van der Waals surface area contributed by atoms with Crippen LogP contribution in [0.5, 0.6) is 0 Å². The molecular formula is C74H71IrN5O2-2. The molecule has 7 nitrogen and oxygen atoms in total. The summed E-state index contributed by atoms with van der Waals surface area (Å²) in [5, 5.41) is 12.0. The van der Waals surface area contributed by atoms with Crippen LogP contribution in [-0.4, -0.2) is 19.5 Å². The molecule has 8 aromatic carbocycles. The summed E-state index contributed by atoms with van der Waals surface area (Å²) >= 11 is 0. The maximum absolute atomic E-state index is 9.57. The molecule has 0 aliphatic rings. The average Bonchev–Trinajstić information content (AvgIpc) is 1.83. The normalized spacial score (nSPS) is 13.6. The van der Waals surface area contributed by atoms with Gasteiger partial charge >= 0.3 is 0 Å². The molecule has 0 amide bonds. The second-order valence-electron chi connectivity index (χ2n) is 25.1. The maximum Gasteiger partial charge on any atom is 0.136 e. The summed E-state index contributed by atoms with van der Waals surface area (Å²) in [5.41, 5.74) is 15.4. The van der Waals surface area contributed by atoms with E-state index in [-0.39, 0.29) is 64.9 Å². The van der Waals surface area contributed by atoms with E-state index in [9.17, 15) is 5.26 Å². The summed E-state index contributed by atoms with van der Waals surface area (Å²) in [4.78, 5) is 14.1. The van der Waals surface area contributed by atoms with Gasteiger partial charge in [0.15, 0.2) is 0 Å². The van der Waals surface area contributed by atoms with Crippen molar-refractivity contribution in [3.63, 3.8) is 0 Å². The Hall–Kier alpha value is -7.95. The monoisotopic (exact) mass is 1260 g/mol. The fraction of sp³-hybridized carbons (Fsp3) is 0.270. The zero-order valence-corrected chi connectivity index (χ0v) is 51.3. The molecule has 0 unspecified atom stereocenters. The van der Waals surface area contributed by atoms with Gasteiger partial charge in [-0.15, -0.1) is 53.6 Å². The van der Waals surface area contributed by atoms with Gasteiger partial charge in [-0.05, 0) is 134 Å². The first-order valence-corrected chi connectivity index (χ1v) is 27.8. The molecule has 0 saturated heterocycles. The zero-order valence-electron chi connectivity index (χ0n) is 54.9. The van der Waals surface area contributed by atoms with Crippen molar-refractivity contribution in [2.75, 3.05) is 0 Å². The molecule has 0 spiro atoms. The van der Waals surface area contributed by atoms with Crippen molar-refractivity contribution in [3.8, 4) is 56.8 Å². The third kappa shape index (κ3) is 10.7. The van der Waals surface area contributed by atoms with E-state index in [1.165, 1.54) is 22.8 Å². The first-order valence-electron chi connectivity index (χ1n) is 30.8. The van der Waals surface area contributed by atoms with Crippen LogP contribution in [0.15, 0.2) is 155 Å². The molecular weight excluding hydrogens is 1180 g/mol. The van der Waals surface area contributed by atoms with Gasteiger partial charge in [-0.2, -0.15) is 5.26 Å². The van der Waals surface area contributed by atoms with Crippen molar-refractivity contribution >= 4 is 54.9 Å². The maximum atomic E-state index is 9.57. The number of aryl methyl sites for hydroxylation is 2. The van der Waals surface area contributed by atoms with Gasteiger partial charge in [0.2, 0.25) is 0 Å². The van der Waals surface area contributed by atoms with Crippen LogP contribution in [0.25, 0.3) is 106 Å². The second-order valence-corrected chi connectivity index (χ2v) is 25.1. The fourth-order valence-corrected chi connectivity index (χ4v) is 10.8. The minimum atomic E-state index is -2.56. The largest absolute Gasteiger partial charge is 0.501 e. The van der Waals surface area contributed by atoms with E-state index in [1.807, 2.05) is 59.3 Å². The van der Waals surface area contributed by atoms with Gasteiger partial charge in [0.25, 0.3) is 0 Å². The van der Waals surface area contributed by atoms with Gasteiger partial charge in [-0.25, -0.2) is 0 Å². The SMILES string of the molecule is CC(C)(C)c1ccnc(-c2[c-]cccc2)n1.[2H]C([2H])([2H])c1c[c-]c(-c2nc3cccc(C([2H])([2H])[2H])c3n2-c2c(C(C)C)cc(-c3ccc(-c4cc(C(C)(C)C)cc(C(C)(C)C)c4)cc3)cc2C(C)C)c2oc3cc4c(cc3c12)oc1cc(C#N)ccc14.[Ir]. The van der Waals surface area contributed by atoms with Crippen LogP contribution in [0.3, 0.4) is 0 Å². The number of para-hydroxylation sites is 1. The summed E-state index contributed by atoms with van der Waals surface area (Å²) in [6.45, 7) is 23.5. The molecule has 0 atom stereocenters. The molecule has 0 fully saturated rings. The minimum Gasteiger partial charge on any atom is -0.501 e. The molecule has 82 heavy (non-hydrogen) atoms.